The first-order valence-corrected chi connectivity index (χ1v) is 5.32. The molecule has 7 nitrogen and oxygen atoms in total. The van der Waals surface area contributed by atoms with Crippen molar-refractivity contribution in [3.8, 4) is 17.2 Å². The predicted octanol–water partition coefficient (Wildman–Crippen LogP) is 0.774. The van der Waals surface area contributed by atoms with E-state index >= 15 is 0 Å². The van der Waals surface area contributed by atoms with E-state index in [2.05, 4.69) is 15.5 Å². The number of hydrogen-bond donors (Lipinski definition) is 3. The molecule has 1 amide bonds. The Morgan fingerprint density at radius 1 is 1.56 bits per heavy atom. The number of hydrogen-bond acceptors (Lipinski definition) is 6. The summed E-state index contributed by atoms with van der Waals surface area (Å²) in [6, 6.07) is 4.52. The van der Waals surface area contributed by atoms with Crippen molar-refractivity contribution in [2.75, 3.05) is 12.3 Å². The summed E-state index contributed by atoms with van der Waals surface area (Å²) >= 11 is 0. The summed E-state index contributed by atoms with van der Waals surface area (Å²) in [4.78, 5) is 15.4. The topological polar surface area (TPSA) is 114 Å². The molecule has 1 aromatic heterocycles. The second kappa shape index (κ2) is 4.74. The lowest BCUT2D eigenvalue weighted by Crippen LogP contribution is -2.23. The molecule has 1 aromatic carbocycles. The molecule has 0 spiro atoms. The number of phenols is 1. The van der Waals surface area contributed by atoms with Gasteiger partial charge in [-0.1, -0.05) is 5.16 Å². The Bertz CT molecular complexity index is 579. The first-order valence-electron chi connectivity index (χ1n) is 5.32. The number of benzene rings is 1. The summed E-state index contributed by atoms with van der Waals surface area (Å²) < 4.78 is 4.94. The lowest BCUT2D eigenvalue weighted by Gasteiger charge is -1.99. The van der Waals surface area contributed by atoms with E-state index in [9.17, 15) is 9.90 Å². The van der Waals surface area contributed by atoms with Crippen LogP contribution >= 0.6 is 0 Å². The number of nitrogens with one attached hydrogen (secondary N) is 1. The number of nitrogen functional groups attached to an aromatic ring is 1. The Balaban J connectivity index is 2.29. The average Bonchev–Trinajstić information content (AvgIpc) is 2.82. The zero-order valence-corrected chi connectivity index (χ0v) is 9.67. The molecule has 4 N–H and O–H groups in total. The molecule has 0 bridgehead atoms. The number of aromatic nitrogens is 2. The van der Waals surface area contributed by atoms with E-state index in [4.69, 9.17) is 10.3 Å². The van der Waals surface area contributed by atoms with Gasteiger partial charge >= 0.3 is 0 Å². The van der Waals surface area contributed by atoms with Gasteiger partial charge in [0, 0.05) is 12.1 Å². The predicted molar refractivity (Wildman–Crippen MR) is 63.8 cm³/mol. The Hall–Kier alpha value is -2.57. The maximum atomic E-state index is 11.4. The fraction of sp³-hybridized carbons (Fsp3) is 0.182. The first kappa shape index (κ1) is 11.9. The van der Waals surface area contributed by atoms with Gasteiger partial charge in [0.05, 0.1) is 5.69 Å². The Labute approximate surface area is 103 Å². The van der Waals surface area contributed by atoms with E-state index in [0.29, 0.717) is 12.1 Å². The minimum absolute atomic E-state index is 0.0526. The molecular formula is C11H12N4O3. The van der Waals surface area contributed by atoms with Crippen molar-refractivity contribution in [1.29, 1.82) is 0 Å². The molecule has 0 fully saturated rings. The number of aromatic hydroxyl groups is 1. The molecule has 18 heavy (non-hydrogen) atoms. The lowest BCUT2D eigenvalue weighted by molar-refractivity contribution is 0.0942. The van der Waals surface area contributed by atoms with Crippen LogP contribution in [0.1, 0.15) is 17.5 Å². The van der Waals surface area contributed by atoms with Crippen LogP contribution in [-0.4, -0.2) is 27.7 Å². The number of carbonyl (C=O) groups excluding carboxylic acids is 1. The summed E-state index contributed by atoms with van der Waals surface area (Å²) in [6.07, 6.45) is 0. The smallest absolute Gasteiger partial charge is 0.292 e. The summed E-state index contributed by atoms with van der Waals surface area (Å²) in [5.74, 6) is -0.396. The summed E-state index contributed by atoms with van der Waals surface area (Å²) in [7, 11) is 0. The van der Waals surface area contributed by atoms with Gasteiger partial charge in [-0.15, -0.1) is 0 Å². The van der Waals surface area contributed by atoms with Gasteiger partial charge in [0.1, 0.15) is 5.75 Å². The lowest BCUT2D eigenvalue weighted by atomic mass is 10.2. The van der Waals surface area contributed by atoms with Crippen LogP contribution < -0.4 is 11.1 Å². The van der Waals surface area contributed by atoms with E-state index in [0.717, 1.165) is 0 Å². The van der Waals surface area contributed by atoms with Crippen LogP contribution in [0.4, 0.5) is 5.69 Å². The molecule has 1 heterocycles. The van der Waals surface area contributed by atoms with Gasteiger partial charge < -0.3 is 20.7 Å². The van der Waals surface area contributed by atoms with Crippen LogP contribution in [-0.2, 0) is 0 Å². The molecule has 2 rings (SSSR count). The second-order valence-electron chi connectivity index (χ2n) is 3.56. The quantitative estimate of drug-likeness (QED) is 0.546. The largest absolute Gasteiger partial charge is 0.506 e. The highest BCUT2D eigenvalue weighted by molar-refractivity contribution is 5.90. The third-order valence-electron chi connectivity index (χ3n) is 2.24. The maximum absolute atomic E-state index is 11.4. The number of rotatable bonds is 3. The van der Waals surface area contributed by atoms with E-state index in [1.807, 2.05) is 0 Å². The molecule has 0 aliphatic rings. The molecule has 94 valence electrons. The number of amides is 1. The number of phenolic OH excluding ortho intramolecular Hbond substituents is 1. The fourth-order valence-corrected chi connectivity index (χ4v) is 1.35. The number of nitrogens with two attached hydrogens (primary N) is 1. The van der Waals surface area contributed by atoms with Gasteiger partial charge in [-0.3, -0.25) is 4.79 Å². The van der Waals surface area contributed by atoms with Crippen molar-refractivity contribution in [2.24, 2.45) is 0 Å². The van der Waals surface area contributed by atoms with Crippen LogP contribution in [0.5, 0.6) is 5.75 Å². The standard InChI is InChI=1S/C11H12N4O3/c1-2-13-10(17)9-14-11(18-15-9)6-3-4-7(12)8(16)5-6/h3-5,16H,2,12H2,1H3,(H,13,17). The van der Waals surface area contributed by atoms with Crippen molar-refractivity contribution in [2.45, 2.75) is 6.92 Å². The number of anilines is 1. The van der Waals surface area contributed by atoms with Crippen LogP contribution in [0.15, 0.2) is 22.7 Å². The minimum Gasteiger partial charge on any atom is -0.506 e. The summed E-state index contributed by atoms with van der Waals surface area (Å²) in [6.45, 7) is 2.27. The van der Waals surface area contributed by atoms with Crippen molar-refractivity contribution >= 4 is 11.6 Å². The van der Waals surface area contributed by atoms with Crippen molar-refractivity contribution in [3.05, 3.63) is 24.0 Å². The zero-order valence-electron chi connectivity index (χ0n) is 9.67. The third-order valence-corrected chi connectivity index (χ3v) is 2.24. The average molecular weight is 248 g/mol. The minimum atomic E-state index is -0.410. The highest BCUT2D eigenvalue weighted by atomic mass is 16.5. The molecule has 7 heteroatoms. The van der Waals surface area contributed by atoms with E-state index in [1.54, 1.807) is 13.0 Å². The Morgan fingerprint density at radius 2 is 2.33 bits per heavy atom. The number of nitrogens with zero attached hydrogens (tertiary/aromatic N) is 2. The van der Waals surface area contributed by atoms with E-state index < -0.39 is 5.91 Å². The van der Waals surface area contributed by atoms with Crippen LogP contribution in [0.3, 0.4) is 0 Å². The van der Waals surface area contributed by atoms with Gasteiger partial charge in [0.25, 0.3) is 17.6 Å². The number of carbonyl (C=O) groups is 1. The van der Waals surface area contributed by atoms with Crippen molar-refractivity contribution in [3.63, 3.8) is 0 Å². The summed E-state index contributed by atoms with van der Waals surface area (Å²) in [5, 5.41) is 15.6. The van der Waals surface area contributed by atoms with Gasteiger partial charge in [0.2, 0.25) is 0 Å². The molecular weight excluding hydrogens is 236 g/mol. The zero-order chi connectivity index (χ0) is 13.1. The third kappa shape index (κ3) is 2.24. The Morgan fingerprint density at radius 3 is 3.00 bits per heavy atom. The Kier molecular flexibility index (Phi) is 3.13. The van der Waals surface area contributed by atoms with Gasteiger partial charge in [-0.25, -0.2) is 0 Å². The molecule has 0 aliphatic carbocycles. The fourth-order valence-electron chi connectivity index (χ4n) is 1.35. The van der Waals surface area contributed by atoms with E-state index in [1.165, 1.54) is 12.1 Å². The molecule has 0 saturated carbocycles. The highest BCUT2D eigenvalue weighted by Crippen LogP contribution is 2.26. The van der Waals surface area contributed by atoms with Crippen LogP contribution in [0, 0.1) is 0 Å². The van der Waals surface area contributed by atoms with Crippen molar-refractivity contribution in [1.82, 2.24) is 15.5 Å². The second-order valence-corrected chi connectivity index (χ2v) is 3.56. The SMILES string of the molecule is CCNC(=O)c1noc(-c2ccc(N)c(O)c2)n1. The summed E-state index contributed by atoms with van der Waals surface area (Å²) in [5.41, 5.74) is 6.22. The molecule has 0 saturated heterocycles. The van der Waals surface area contributed by atoms with Crippen LogP contribution in [0.25, 0.3) is 11.5 Å². The van der Waals surface area contributed by atoms with E-state index in [-0.39, 0.29) is 23.2 Å². The van der Waals surface area contributed by atoms with Gasteiger partial charge in [-0.2, -0.15) is 4.98 Å². The first-order chi connectivity index (χ1) is 8.61. The van der Waals surface area contributed by atoms with Crippen molar-refractivity contribution < 1.29 is 14.4 Å². The normalized spacial score (nSPS) is 10.3. The molecule has 0 radical (unpaired) electrons. The highest BCUT2D eigenvalue weighted by Gasteiger charge is 2.15. The maximum Gasteiger partial charge on any atom is 0.292 e. The molecule has 0 atom stereocenters. The molecule has 0 unspecified atom stereocenters. The van der Waals surface area contributed by atoms with Gasteiger partial charge in [0.15, 0.2) is 0 Å². The van der Waals surface area contributed by atoms with Crippen LogP contribution in [0.2, 0.25) is 0 Å². The monoisotopic (exact) mass is 248 g/mol. The molecule has 2 aromatic rings. The molecule has 0 aliphatic heterocycles. The van der Waals surface area contributed by atoms with Gasteiger partial charge in [-0.05, 0) is 25.1 Å².